The SMILES string of the molecule is CC(C)CCNCC(C)N1CCCC(C)(C)C1. The quantitative estimate of drug-likeness (QED) is 0.718. The van der Waals surface area contributed by atoms with E-state index in [1.165, 1.54) is 38.9 Å². The number of hydrogen-bond acceptors (Lipinski definition) is 2. The highest BCUT2D eigenvalue weighted by atomic mass is 15.2. The Morgan fingerprint density at radius 2 is 1.94 bits per heavy atom. The number of hydrogen-bond donors (Lipinski definition) is 1. The van der Waals surface area contributed by atoms with Gasteiger partial charge < -0.3 is 5.32 Å². The van der Waals surface area contributed by atoms with Gasteiger partial charge in [-0.05, 0) is 50.6 Å². The van der Waals surface area contributed by atoms with Crippen molar-refractivity contribution < 1.29 is 0 Å². The Bertz CT molecular complexity index is 211. The van der Waals surface area contributed by atoms with Crippen LogP contribution in [-0.2, 0) is 0 Å². The minimum Gasteiger partial charge on any atom is -0.315 e. The van der Waals surface area contributed by atoms with Crippen LogP contribution in [-0.4, -0.2) is 37.1 Å². The Morgan fingerprint density at radius 3 is 2.53 bits per heavy atom. The van der Waals surface area contributed by atoms with Crippen molar-refractivity contribution in [1.82, 2.24) is 10.2 Å². The molecule has 17 heavy (non-hydrogen) atoms. The molecule has 0 aromatic carbocycles. The highest BCUT2D eigenvalue weighted by Crippen LogP contribution is 2.29. The van der Waals surface area contributed by atoms with E-state index in [1.807, 2.05) is 0 Å². The third kappa shape index (κ3) is 5.87. The van der Waals surface area contributed by atoms with Crippen LogP contribution >= 0.6 is 0 Å². The summed E-state index contributed by atoms with van der Waals surface area (Å²) < 4.78 is 0. The first kappa shape index (κ1) is 15.0. The second kappa shape index (κ2) is 6.75. The van der Waals surface area contributed by atoms with Crippen molar-refractivity contribution in [1.29, 1.82) is 0 Å². The Labute approximate surface area is 108 Å². The van der Waals surface area contributed by atoms with E-state index >= 15 is 0 Å². The van der Waals surface area contributed by atoms with Crippen LogP contribution in [0.25, 0.3) is 0 Å². The Kier molecular flexibility index (Phi) is 5.94. The molecule has 2 heteroatoms. The van der Waals surface area contributed by atoms with E-state index in [2.05, 4.69) is 44.8 Å². The van der Waals surface area contributed by atoms with E-state index in [0.717, 1.165) is 12.5 Å². The van der Waals surface area contributed by atoms with Crippen LogP contribution in [0.5, 0.6) is 0 Å². The van der Waals surface area contributed by atoms with Gasteiger partial charge in [-0.25, -0.2) is 0 Å². The summed E-state index contributed by atoms with van der Waals surface area (Å²) in [5, 5.41) is 3.60. The number of piperidine rings is 1. The van der Waals surface area contributed by atoms with Gasteiger partial charge in [0.2, 0.25) is 0 Å². The molecule has 0 aromatic rings. The van der Waals surface area contributed by atoms with E-state index in [9.17, 15) is 0 Å². The lowest BCUT2D eigenvalue weighted by Gasteiger charge is -2.41. The largest absolute Gasteiger partial charge is 0.315 e. The molecule has 0 spiro atoms. The molecule has 0 saturated carbocycles. The van der Waals surface area contributed by atoms with Crippen molar-refractivity contribution in [3.05, 3.63) is 0 Å². The number of nitrogens with one attached hydrogen (secondary N) is 1. The van der Waals surface area contributed by atoms with Crippen LogP contribution in [0.2, 0.25) is 0 Å². The Morgan fingerprint density at radius 1 is 1.24 bits per heavy atom. The molecular weight excluding hydrogens is 208 g/mol. The van der Waals surface area contributed by atoms with Gasteiger partial charge in [-0.3, -0.25) is 4.90 Å². The fourth-order valence-corrected chi connectivity index (χ4v) is 2.68. The zero-order valence-corrected chi connectivity index (χ0v) is 12.6. The molecule has 1 saturated heterocycles. The predicted molar refractivity (Wildman–Crippen MR) is 76.4 cm³/mol. The van der Waals surface area contributed by atoms with Gasteiger partial charge in [0.15, 0.2) is 0 Å². The Balaban J connectivity index is 2.20. The van der Waals surface area contributed by atoms with Gasteiger partial charge in [0.1, 0.15) is 0 Å². The molecule has 0 aromatic heterocycles. The molecule has 102 valence electrons. The van der Waals surface area contributed by atoms with Crippen LogP contribution in [0, 0.1) is 11.3 Å². The lowest BCUT2D eigenvalue weighted by atomic mass is 9.83. The highest BCUT2D eigenvalue weighted by Gasteiger charge is 2.28. The van der Waals surface area contributed by atoms with Crippen molar-refractivity contribution in [2.24, 2.45) is 11.3 Å². The second-order valence-corrected chi connectivity index (χ2v) is 6.97. The maximum atomic E-state index is 3.60. The van der Waals surface area contributed by atoms with Crippen molar-refractivity contribution in [2.75, 3.05) is 26.2 Å². The molecule has 0 aliphatic carbocycles. The van der Waals surface area contributed by atoms with Crippen molar-refractivity contribution in [3.63, 3.8) is 0 Å². The van der Waals surface area contributed by atoms with Crippen LogP contribution in [0.1, 0.15) is 53.9 Å². The molecule has 1 aliphatic rings. The van der Waals surface area contributed by atoms with E-state index in [0.29, 0.717) is 11.5 Å². The van der Waals surface area contributed by atoms with Crippen molar-refractivity contribution >= 4 is 0 Å². The molecule has 2 nitrogen and oxygen atoms in total. The van der Waals surface area contributed by atoms with E-state index in [-0.39, 0.29) is 0 Å². The lowest BCUT2D eigenvalue weighted by Crippen LogP contribution is -2.48. The van der Waals surface area contributed by atoms with Gasteiger partial charge in [-0.15, -0.1) is 0 Å². The van der Waals surface area contributed by atoms with E-state index < -0.39 is 0 Å². The third-order valence-corrected chi connectivity index (χ3v) is 3.89. The zero-order chi connectivity index (χ0) is 12.9. The minimum atomic E-state index is 0.518. The van der Waals surface area contributed by atoms with Gasteiger partial charge in [-0.1, -0.05) is 27.7 Å². The molecule has 1 N–H and O–H groups in total. The number of nitrogens with zero attached hydrogens (tertiary/aromatic N) is 1. The van der Waals surface area contributed by atoms with Crippen LogP contribution in [0.15, 0.2) is 0 Å². The maximum Gasteiger partial charge on any atom is 0.0192 e. The zero-order valence-electron chi connectivity index (χ0n) is 12.6. The maximum absolute atomic E-state index is 3.60. The number of rotatable bonds is 6. The second-order valence-electron chi connectivity index (χ2n) is 6.97. The minimum absolute atomic E-state index is 0.518. The predicted octanol–water partition coefficient (Wildman–Crippen LogP) is 3.13. The molecule has 1 aliphatic heterocycles. The molecule has 0 radical (unpaired) electrons. The summed E-state index contributed by atoms with van der Waals surface area (Å²) in [7, 11) is 0. The van der Waals surface area contributed by atoms with Crippen molar-refractivity contribution in [2.45, 2.75) is 59.9 Å². The molecular formula is C15H32N2. The van der Waals surface area contributed by atoms with E-state index in [4.69, 9.17) is 0 Å². The van der Waals surface area contributed by atoms with Gasteiger partial charge in [0.25, 0.3) is 0 Å². The molecule has 1 heterocycles. The lowest BCUT2D eigenvalue weighted by molar-refractivity contribution is 0.0842. The van der Waals surface area contributed by atoms with E-state index in [1.54, 1.807) is 0 Å². The fourth-order valence-electron chi connectivity index (χ4n) is 2.68. The summed E-state index contributed by atoms with van der Waals surface area (Å²) in [6.45, 7) is 16.6. The highest BCUT2D eigenvalue weighted by molar-refractivity contribution is 4.83. The molecule has 0 bridgehead atoms. The van der Waals surface area contributed by atoms with Crippen molar-refractivity contribution in [3.8, 4) is 0 Å². The molecule has 1 rings (SSSR count). The Hall–Kier alpha value is -0.0800. The molecule has 0 amide bonds. The standard InChI is InChI=1S/C15H32N2/c1-13(2)7-9-16-11-14(3)17-10-6-8-15(4,5)12-17/h13-14,16H,6-12H2,1-5H3. The molecule has 1 atom stereocenters. The van der Waals surface area contributed by atoms with Gasteiger partial charge >= 0.3 is 0 Å². The molecule has 1 unspecified atom stereocenters. The van der Waals surface area contributed by atoms with Gasteiger partial charge in [-0.2, -0.15) is 0 Å². The summed E-state index contributed by atoms with van der Waals surface area (Å²) >= 11 is 0. The van der Waals surface area contributed by atoms with Gasteiger partial charge in [0.05, 0.1) is 0 Å². The monoisotopic (exact) mass is 240 g/mol. The topological polar surface area (TPSA) is 15.3 Å². The average Bonchev–Trinajstić information content (AvgIpc) is 2.22. The van der Waals surface area contributed by atoms with Gasteiger partial charge in [0, 0.05) is 19.1 Å². The summed E-state index contributed by atoms with van der Waals surface area (Å²) in [5.74, 6) is 0.812. The molecule has 1 fully saturated rings. The average molecular weight is 240 g/mol. The summed E-state index contributed by atoms with van der Waals surface area (Å²) in [5.41, 5.74) is 0.518. The normalized spacial score (nSPS) is 22.9. The number of likely N-dealkylation sites (tertiary alicyclic amines) is 1. The first-order valence-corrected chi connectivity index (χ1v) is 7.35. The van der Waals surface area contributed by atoms with Crippen LogP contribution < -0.4 is 5.32 Å². The fraction of sp³-hybridized carbons (Fsp3) is 1.00. The summed E-state index contributed by atoms with van der Waals surface area (Å²) in [4.78, 5) is 2.66. The van der Waals surface area contributed by atoms with Crippen LogP contribution in [0.4, 0.5) is 0 Å². The summed E-state index contributed by atoms with van der Waals surface area (Å²) in [6.07, 6.45) is 4.04. The first-order valence-electron chi connectivity index (χ1n) is 7.35. The smallest absolute Gasteiger partial charge is 0.0192 e. The summed E-state index contributed by atoms with van der Waals surface area (Å²) in [6, 6.07) is 0.682. The first-order chi connectivity index (χ1) is 7.91. The van der Waals surface area contributed by atoms with Crippen LogP contribution in [0.3, 0.4) is 0 Å². The third-order valence-electron chi connectivity index (χ3n) is 3.89.